The van der Waals surface area contributed by atoms with Crippen molar-refractivity contribution in [1.29, 1.82) is 0 Å². The summed E-state index contributed by atoms with van der Waals surface area (Å²) in [4.78, 5) is 39.5. The molecule has 200 valence electrons. The van der Waals surface area contributed by atoms with E-state index in [1.165, 1.54) is 18.2 Å². The number of phenols is 2. The van der Waals surface area contributed by atoms with E-state index in [0.29, 0.717) is 0 Å². The number of phenolic OH excluding ortho intramolecular Hbond substituents is 2. The number of nitrogens with two attached hydrogens (primary N) is 1. The Hall–Kier alpha value is -3.81. The zero-order valence-corrected chi connectivity index (χ0v) is 19.9. The third-order valence-electron chi connectivity index (χ3n) is 7.30. The van der Waals surface area contributed by atoms with Crippen LogP contribution in [0, 0.1) is 0 Å². The van der Waals surface area contributed by atoms with Gasteiger partial charge in [0.1, 0.15) is 35.7 Å². The van der Waals surface area contributed by atoms with Crippen molar-refractivity contribution in [2.75, 3.05) is 6.61 Å². The van der Waals surface area contributed by atoms with Gasteiger partial charge in [-0.25, -0.2) is 0 Å². The van der Waals surface area contributed by atoms with E-state index in [9.17, 15) is 45.0 Å². The SMILES string of the molecule is N[C@@H]1C[C@H](O[C@H]2C[C@](O)(C(=O)CO)Cc3c(O)c4c(c(O)c32)C(=O)c2c(CO)cccc2C4=O)OC=C1O. The molecule has 0 aromatic heterocycles. The Morgan fingerprint density at radius 2 is 1.79 bits per heavy atom. The number of hydrogen-bond acceptors (Lipinski definition) is 12. The highest BCUT2D eigenvalue weighted by Gasteiger charge is 2.49. The third kappa shape index (κ3) is 3.77. The molecule has 0 amide bonds. The average Bonchev–Trinajstić information content (AvgIpc) is 2.90. The van der Waals surface area contributed by atoms with E-state index in [4.69, 9.17) is 15.2 Å². The number of Topliss-reactive ketones (excluding diaryl/α,β-unsaturated/α-hetero) is 1. The highest BCUT2D eigenvalue weighted by Crippen LogP contribution is 2.52. The van der Waals surface area contributed by atoms with Crippen LogP contribution in [-0.4, -0.2) is 72.5 Å². The monoisotopic (exact) mass is 527 g/mol. The molecule has 0 radical (unpaired) electrons. The van der Waals surface area contributed by atoms with Gasteiger partial charge in [-0.1, -0.05) is 18.2 Å². The smallest absolute Gasteiger partial charge is 0.201 e. The van der Waals surface area contributed by atoms with Crippen LogP contribution in [-0.2, 0) is 27.3 Å². The van der Waals surface area contributed by atoms with Crippen molar-refractivity contribution in [3.8, 4) is 11.5 Å². The second-order valence-corrected chi connectivity index (χ2v) is 9.56. The number of aliphatic hydroxyl groups is 4. The van der Waals surface area contributed by atoms with Crippen LogP contribution >= 0.6 is 0 Å². The highest BCUT2D eigenvalue weighted by molar-refractivity contribution is 6.31. The number of benzene rings is 2. The molecular formula is C26H25NO11. The Balaban J connectivity index is 1.70. The second-order valence-electron chi connectivity index (χ2n) is 9.56. The first-order valence-electron chi connectivity index (χ1n) is 11.8. The molecule has 0 saturated carbocycles. The zero-order valence-electron chi connectivity index (χ0n) is 19.9. The van der Waals surface area contributed by atoms with Gasteiger partial charge in [-0.2, -0.15) is 0 Å². The molecule has 0 unspecified atom stereocenters. The lowest BCUT2D eigenvalue weighted by atomic mass is 9.71. The molecule has 4 atom stereocenters. The fourth-order valence-electron chi connectivity index (χ4n) is 5.35. The summed E-state index contributed by atoms with van der Waals surface area (Å²) in [6, 6.07) is 3.40. The van der Waals surface area contributed by atoms with Crippen molar-refractivity contribution in [2.24, 2.45) is 5.73 Å². The van der Waals surface area contributed by atoms with E-state index in [-0.39, 0.29) is 40.0 Å². The maximum Gasteiger partial charge on any atom is 0.201 e. The lowest BCUT2D eigenvalue weighted by Gasteiger charge is -2.40. The predicted octanol–water partition coefficient (Wildman–Crippen LogP) is 0.135. The molecule has 8 N–H and O–H groups in total. The Bertz CT molecular complexity index is 1410. The molecule has 38 heavy (non-hydrogen) atoms. The number of ketones is 3. The average molecular weight is 527 g/mol. The van der Waals surface area contributed by atoms with Crippen molar-refractivity contribution >= 4 is 17.3 Å². The van der Waals surface area contributed by atoms with Gasteiger partial charge in [-0.3, -0.25) is 14.4 Å². The van der Waals surface area contributed by atoms with Crippen molar-refractivity contribution in [2.45, 2.75) is 49.9 Å². The molecule has 12 heteroatoms. The minimum Gasteiger partial charge on any atom is -0.507 e. The summed E-state index contributed by atoms with van der Waals surface area (Å²) in [5.74, 6) is -4.29. The Kier molecular flexibility index (Phi) is 6.24. The van der Waals surface area contributed by atoms with Gasteiger partial charge in [0.15, 0.2) is 17.3 Å². The van der Waals surface area contributed by atoms with Gasteiger partial charge in [-0.05, 0) is 5.56 Å². The summed E-state index contributed by atoms with van der Waals surface area (Å²) in [6.07, 6.45) is -2.68. The lowest BCUT2D eigenvalue weighted by Crippen LogP contribution is -2.48. The van der Waals surface area contributed by atoms with Crippen LogP contribution in [0.5, 0.6) is 11.5 Å². The van der Waals surface area contributed by atoms with E-state index in [0.717, 1.165) is 6.26 Å². The molecule has 3 aliphatic rings. The fraction of sp³-hybridized carbons (Fsp3) is 0.346. The van der Waals surface area contributed by atoms with Crippen LogP contribution in [0.1, 0.15) is 67.5 Å². The standard InChI is InChI=1S/C26H25NO11/c27-13-4-17(37-9-14(13)30)38-15-6-26(36,16(31)8-29)5-12-19(15)25(35)21-20(23(12)33)22(32)11-3-1-2-10(7-28)18(11)24(21)34/h1-3,9,13,15,17,28-30,33,35-36H,4-8,27H2/t13-,15+,17+,26+/m1/s1. The summed E-state index contributed by atoms with van der Waals surface area (Å²) in [5, 5.41) is 62.7. The number of aromatic hydroxyl groups is 2. The van der Waals surface area contributed by atoms with E-state index in [1.807, 2.05) is 0 Å². The van der Waals surface area contributed by atoms with Crippen LogP contribution < -0.4 is 5.73 Å². The molecule has 5 rings (SSSR count). The molecule has 0 spiro atoms. The van der Waals surface area contributed by atoms with Gasteiger partial charge < -0.3 is 45.8 Å². The van der Waals surface area contributed by atoms with Gasteiger partial charge in [0, 0.05) is 41.5 Å². The number of hydrogen-bond donors (Lipinski definition) is 7. The minimum atomic E-state index is -2.26. The zero-order chi connectivity index (χ0) is 27.5. The first kappa shape index (κ1) is 25.8. The first-order chi connectivity index (χ1) is 18.0. The maximum absolute atomic E-state index is 13.6. The molecule has 1 heterocycles. The van der Waals surface area contributed by atoms with Crippen molar-refractivity contribution in [3.63, 3.8) is 0 Å². The first-order valence-corrected chi connectivity index (χ1v) is 11.8. The van der Waals surface area contributed by atoms with Crippen LogP contribution in [0.15, 0.2) is 30.2 Å². The molecule has 0 saturated heterocycles. The minimum absolute atomic E-state index is 0.0527. The van der Waals surface area contributed by atoms with Gasteiger partial charge >= 0.3 is 0 Å². The van der Waals surface area contributed by atoms with Gasteiger partial charge in [0.05, 0.1) is 29.9 Å². The third-order valence-corrected chi connectivity index (χ3v) is 7.30. The number of ether oxygens (including phenoxy) is 2. The van der Waals surface area contributed by atoms with E-state index >= 15 is 0 Å². The fourth-order valence-corrected chi connectivity index (χ4v) is 5.35. The van der Waals surface area contributed by atoms with Gasteiger partial charge in [-0.15, -0.1) is 0 Å². The van der Waals surface area contributed by atoms with Crippen LogP contribution in [0.4, 0.5) is 0 Å². The lowest BCUT2D eigenvalue weighted by molar-refractivity contribution is -0.180. The highest BCUT2D eigenvalue weighted by atomic mass is 16.7. The predicted molar refractivity (Wildman–Crippen MR) is 126 cm³/mol. The Labute approximate surface area is 215 Å². The number of rotatable bonds is 5. The molecule has 2 aromatic rings. The van der Waals surface area contributed by atoms with Crippen LogP contribution in [0.3, 0.4) is 0 Å². The summed E-state index contributed by atoms with van der Waals surface area (Å²) in [5.41, 5.74) is 2.11. The molecule has 2 aliphatic carbocycles. The second kappa shape index (κ2) is 9.19. The maximum atomic E-state index is 13.6. The molecular weight excluding hydrogens is 502 g/mol. The van der Waals surface area contributed by atoms with Crippen LogP contribution in [0.25, 0.3) is 0 Å². The summed E-state index contributed by atoms with van der Waals surface area (Å²) in [6.45, 7) is -1.59. The topological polar surface area (TPSA) is 217 Å². The molecule has 0 fully saturated rings. The molecule has 1 aliphatic heterocycles. The van der Waals surface area contributed by atoms with E-state index in [1.54, 1.807) is 0 Å². The van der Waals surface area contributed by atoms with Crippen molar-refractivity contribution in [1.82, 2.24) is 0 Å². The van der Waals surface area contributed by atoms with Crippen molar-refractivity contribution in [3.05, 3.63) is 69.2 Å². The number of fused-ring (bicyclic) bond motifs is 3. The Morgan fingerprint density at radius 1 is 1.08 bits per heavy atom. The number of carbonyl (C=O) groups excluding carboxylic acids is 3. The van der Waals surface area contributed by atoms with Crippen LogP contribution in [0.2, 0.25) is 0 Å². The molecule has 12 nitrogen and oxygen atoms in total. The summed E-state index contributed by atoms with van der Waals surface area (Å²) < 4.78 is 11.2. The quantitative estimate of drug-likeness (QED) is 0.220. The largest absolute Gasteiger partial charge is 0.507 e. The summed E-state index contributed by atoms with van der Waals surface area (Å²) >= 11 is 0. The van der Waals surface area contributed by atoms with E-state index < -0.39 is 90.1 Å². The molecule has 2 aromatic carbocycles. The molecule has 0 bridgehead atoms. The normalized spacial score (nSPS) is 26.1. The van der Waals surface area contributed by atoms with E-state index in [2.05, 4.69) is 0 Å². The Morgan fingerprint density at radius 3 is 2.45 bits per heavy atom. The summed E-state index contributed by atoms with van der Waals surface area (Å²) in [7, 11) is 0. The number of carbonyl (C=O) groups is 3. The van der Waals surface area contributed by atoms with Crippen molar-refractivity contribution < 1.29 is 54.5 Å². The number of aliphatic hydroxyl groups excluding tert-OH is 3. The van der Waals surface area contributed by atoms with Gasteiger partial charge in [0.2, 0.25) is 6.29 Å². The van der Waals surface area contributed by atoms with Gasteiger partial charge in [0.25, 0.3) is 0 Å².